The van der Waals surface area contributed by atoms with Gasteiger partial charge >= 0.3 is 6.03 Å². The predicted molar refractivity (Wildman–Crippen MR) is 24.7 cm³/mol. The molecule has 1 fully saturated rings. The Balaban J connectivity index is 2.40. The van der Waals surface area contributed by atoms with Crippen LogP contribution in [0.15, 0.2) is 0 Å². The van der Waals surface area contributed by atoms with Crippen molar-refractivity contribution in [3.8, 4) is 0 Å². The molecular weight excluding hydrogens is 110 g/mol. The number of nitrogens with one attached hydrogen (secondary N) is 3. The Morgan fingerprint density at radius 3 is 2.38 bits per heavy atom. The number of rotatable bonds is 0. The maximum atomic E-state index is 10.2. The molecule has 0 aromatic rings. The van der Waals surface area contributed by atoms with Crippen molar-refractivity contribution in [2.75, 3.05) is 6.54 Å². The molecule has 1 aliphatic heterocycles. The van der Waals surface area contributed by atoms with Crippen molar-refractivity contribution < 1.29 is 9.59 Å². The lowest BCUT2D eigenvalue weighted by atomic mass is 10.6. The molecular formula is C3H5N3O2. The van der Waals surface area contributed by atoms with Crippen molar-refractivity contribution in [1.82, 2.24) is 16.2 Å². The fraction of sp³-hybridized carbons (Fsp3) is 0.333. The minimum atomic E-state index is -0.371. The zero-order valence-electron chi connectivity index (χ0n) is 4.02. The van der Waals surface area contributed by atoms with E-state index in [9.17, 15) is 9.59 Å². The summed E-state index contributed by atoms with van der Waals surface area (Å²) in [7, 11) is 0. The van der Waals surface area contributed by atoms with E-state index in [4.69, 9.17) is 0 Å². The van der Waals surface area contributed by atoms with E-state index in [-0.39, 0.29) is 18.5 Å². The zero-order valence-corrected chi connectivity index (χ0v) is 4.02. The summed E-state index contributed by atoms with van der Waals surface area (Å²) in [6.45, 7) is 0.0613. The monoisotopic (exact) mass is 115 g/mol. The Hall–Kier alpha value is -1.26. The van der Waals surface area contributed by atoms with E-state index in [2.05, 4.69) is 16.2 Å². The van der Waals surface area contributed by atoms with Gasteiger partial charge in [-0.25, -0.2) is 10.2 Å². The molecule has 0 aromatic heterocycles. The summed E-state index contributed by atoms with van der Waals surface area (Å²) in [5.74, 6) is -0.232. The van der Waals surface area contributed by atoms with Crippen LogP contribution >= 0.6 is 0 Å². The van der Waals surface area contributed by atoms with Crippen LogP contribution in [0.5, 0.6) is 0 Å². The van der Waals surface area contributed by atoms with E-state index < -0.39 is 0 Å². The molecule has 1 aliphatic rings. The third-order valence-electron chi connectivity index (χ3n) is 0.725. The van der Waals surface area contributed by atoms with Crippen LogP contribution in [0, 0.1) is 0 Å². The van der Waals surface area contributed by atoms with E-state index in [1.807, 2.05) is 0 Å². The topological polar surface area (TPSA) is 70.2 Å². The largest absolute Gasteiger partial charge is 0.333 e. The highest BCUT2D eigenvalue weighted by Crippen LogP contribution is 1.69. The molecule has 3 amide bonds. The molecule has 44 valence electrons. The van der Waals surface area contributed by atoms with Crippen LogP contribution in [-0.2, 0) is 4.79 Å². The normalized spacial score (nSPS) is 18.5. The number of hydrazine groups is 1. The second-order valence-corrected chi connectivity index (χ2v) is 1.36. The molecule has 5 heteroatoms. The molecule has 1 saturated heterocycles. The second kappa shape index (κ2) is 1.69. The molecule has 0 radical (unpaired) electrons. The van der Waals surface area contributed by atoms with Crippen molar-refractivity contribution in [2.24, 2.45) is 0 Å². The Morgan fingerprint density at radius 1 is 1.25 bits per heavy atom. The van der Waals surface area contributed by atoms with Crippen molar-refractivity contribution in [2.45, 2.75) is 0 Å². The van der Waals surface area contributed by atoms with Crippen molar-refractivity contribution in [3.63, 3.8) is 0 Å². The van der Waals surface area contributed by atoms with Crippen molar-refractivity contribution in [1.29, 1.82) is 0 Å². The molecule has 0 saturated carbocycles. The standard InChI is InChI=1S/C3H5N3O2/c7-2-1-4-3(8)6-5-2/h1H2,(H,5,7)(H2,4,6,8). The van der Waals surface area contributed by atoms with Crippen LogP contribution in [0.3, 0.4) is 0 Å². The first-order valence-corrected chi connectivity index (χ1v) is 2.12. The number of urea groups is 1. The highest BCUT2D eigenvalue weighted by Gasteiger charge is 2.09. The lowest BCUT2D eigenvalue weighted by molar-refractivity contribution is -0.121. The molecule has 0 spiro atoms. The molecule has 5 nitrogen and oxygen atoms in total. The maximum Gasteiger partial charge on any atom is 0.333 e. The lowest BCUT2D eigenvalue weighted by Gasteiger charge is -2.13. The minimum Gasteiger partial charge on any atom is -0.328 e. The van der Waals surface area contributed by atoms with Gasteiger partial charge in [0.15, 0.2) is 0 Å². The zero-order chi connectivity index (χ0) is 5.98. The van der Waals surface area contributed by atoms with Gasteiger partial charge in [0, 0.05) is 0 Å². The summed E-state index contributed by atoms with van der Waals surface area (Å²) in [5, 5.41) is 2.27. The second-order valence-electron chi connectivity index (χ2n) is 1.36. The first-order valence-electron chi connectivity index (χ1n) is 2.12. The van der Waals surface area contributed by atoms with E-state index in [1.165, 1.54) is 0 Å². The van der Waals surface area contributed by atoms with Gasteiger partial charge in [0.25, 0.3) is 5.91 Å². The van der Waals surface area contributed by atoms with Crippen LogP contribution in [0.4, 0.5) is 4.79 Å². The maximum absolute atomic E-state index is 10.2. The van der Waals surface area contributed by atoms with Crippen LogP contribution in [-0.4, -0.2) is 18.5 Å². The van der Waals surface area contributed by atoms with E-state index >= 15 is 0 Å². The van der Waals surface area contributed by atoms with Crippen LogP contribution in [0.1, 0.15) is 0 Å². The number of hydrogen-bond donors (Lipinski definition) is 3. The Kier molecular flexibility index (Phi) is 1.03. The third-order valence-corrected chi connectivity index (χ3v) is 0.725. The molecule has 8 heavy (non-hydrogen) atoms. The number of carbonyl (C=O) groups is 2. The van der Waals surface area contributed by atoms with Gasteiger partial charge in [-0.3, -0.25) is 10.2 Å². The van der Waals surface area contributed by atoms with Gasteiger partial charge in [0.2, 0.25) is 0 Å². The van der Waals surface area contributed by atoms with E-state index in [0.29, 0.717) is 0 Å². The van der Waals surface area contributed by atoms with Gasteiger partial charge in [0.1, 0.15) is 6.54 Å². The van der Waals surface area contributed by atoms with Gasteiger partial charge in [-0.15, -0.1) is 0 Å². The van der Waals surface area contributed by atoms with Gasteiger partial charge in [0.05, 0.1) is 0 Å². The number of carbonyl (C=O) groups excluding carboxylic acids is 2. The summed E-state index contributed by atoms with van der Waals surface area (Å²) in [6.07, 6.45) is 0. The fourth-order valence-electron chi connectivity index (χ4n) is 0.375. The average Bonchev–Trinajstić information content (AvgIpc) is 1.77. The van der Waals surface area contributed by atoms with E-state index in [0.717, 1.165) is 0 Å². The summed E-state index contributed by atoms with van der Waals surface area (Å²) in [4.78, 5) is 20.4. The van der Waals surface area contributed by atoms with Crippen LogP contribution in [0.2, 0.25) is 0 Å². The average molecular weight is 115 g/mol. The molecule has 0 unspecified atom stereocenters. The molecule has 0 atom stereocenters. The summed E-state index contributed by atoms with van der Waals surface area (Å²) in [6, 6.07) is -0.371. The van der Waals surface area contributed by atoms with Gasteiger partial charge < -0.3 is 5.32 Å². The highest BCUT2D eigenvalue weighted by molar-refractivity contribution is 5.89. The summed E-state index contributed by atoms with van der Waals surface area (Å²) in [5.41, 5.74) is 4.21. The predicted octanol–water partition coefficient (Wildman–Crippen LogP) is -1.67. The van der Waals surface area contributed by atoms with Gasteiger partial charge in [-0.2, -0.15) is 0 Å². The smallest absolute Gasteiger partial charge is 0.328 e. The first-order chi connectivity index (χ1) is 3.79. The minimum absolute atomic E-state index is 0.0613. The van der Waals surface area contributed by atoms with E-state index in [1.54, 1.807) is 0 Å². The molecule has 0 bridgehead atoms. The molecule has 3 N–H and O–H groups in total. The highest BCUT2D eigenvalue weighted by atomic mass is 16.2. The fourth-order valence-corrected chi connectivity index (χ4v) is 0.375. The Labute approximate surface area is 45.4 Å². The summed E-state index contributed by atoms with van der Waals surface area (Å²) < 4.78 is 0. The van der Waals surface area contributed by atoms with Gasteiger partial charge in [-0.05, 0) is 0 Å². The Bertz CT molecular complexity index is 104. The lowest BCUT2D eigenvalue weighted by Crippen LogP contribution is -2.56. The van der Waals surface area contributed by atoms with Gasteiger partial charge in [-0.1, -0.05) is 0 Å². The molecule has 0 aliphatic carbocycles. The molecule has 1 heterocycles. The number of hydrogen-bond acceptors (Lipinski definition) is 2. The third kappa shape index (κ3) is 0.868. The first kappa shape index (κ1) is 4.89. The molecule has 0 aromatic carbocycles. The van der Waals surface area contributed by atoms with Crippen molar-refractivity contribution in [3.05, 3.63) is 0 Å². The Morgan fingerprint density at radius 2 is 2.00 bits per heavy atom. The van der Waals surface area contributed by atoms with Crippen molar-refractivity contribution >= 4 is 11.9 Å². The van der Waals surface area contributed by atoms with Crippen LogP contribution < -0.4 is 16.2 Å². The SMILES string of the molecule is O=C1CNC(=O)NN1. The quantitative estimate of drug-likeness (QED) is 0.353. The van der Waals surface area contributed by atoms with Crippen LogP contribution in [0.25, 0.3) is 0 Å². The summed E-state index contributed by atoms with van der Waals surface area (Å²) >= 11 is 0. The molecule has 1 rings (SSSR count). The number of amides is 3.